The number of anilines is 1. The van der Waals surface area contributed by atoms with Crippen LogP contribution < -0.4 is 5.32 Å². The van der Waals surface area contributed by atoms with E-state index < -0.39 is 12.0 Å². The van der Waals surface area contributed by atoms with E-state index in [1.54, 1.807) is 29.2 Å². The molecule has 0 saturated heterocycles. The van der Waals surface area contributed by atoms with Gasteiger partial charge in [0.25, 0.3) is 0 Å². The van der Waals surface area contributed by atoms with E-state index in [4.69, 9.17) is 39.9 Å². The highest BCUT2D eigenvalue weighted by Gasteiger charge is 2.15. The van der Waals surface area contributed by atoms with Crippen LogP contribution in [0.2, 0.25) is 15.1 Å². The maximum Gasteiger partial charge on any atom is 0.325 e. The van der Waals surface area contributed by atoms with E-state index in [1.165, 1.54) is 18.3 Å². The van der Waals surface area contributed by atoms with Gasteiger partial charge >= 0.3 is 5.97 Å². The molecule has 0 amide bonds. The summed E-state index contributed by atoms with van der Waals surface area (Å²) in [7, 11) is 0. The molecule has 2 N–H and O–H groups in total. The number of thiazole rings is 1. The Morgan fingerprint density at radius 3 is 2.70 bits per heavy atom. The number of fused-ring (bicyclic) bond motifs is 1. The summed E-state index contributed by atoms with van der Waals surface area (Å²) in [6.07, 6.45) is 3.26. The average Bonchev–Trinajstić information content (AvgIpc) is 3.31. The molecule has 1 aromatic carbocycles. The fourth-order valence-electron chi connectivity index (χ4n) is 2.53. The number of hydrogen-bond donors (Lipinski definition) is 2. The van der Waals surface area contributed by atoms with Crippen molar-refractivity contribution >= 4 is 67.6 Å². The minimum Gasteiger partial charge on any atom is -0.480 e. The Kier molecular flexibility index (Phi) is 5.74. The lowest BCUT2D eigenvalue weighted by molar-refractivity contribution is -0.137. The number of aliphatic carboxylic acids is 1. The van der Waals surface area contributed by atoms with E-state index in [-0.39, 0.29) is 0 Å². The fraction of sp³-hybridized carbons (Fsp3) is 0.176. The van der Waals surface area contributed by atoms with Crippen molar-refractivity contribution in [3.63, 3.8) is 0 Å². The van der Waals surface area contributed by atoms with Gasteiger partial charge < -0.3 is 10.4 Å². The van der Waals surface area contributed by atoms with Gasteiger partial charge in [0.15, 0.2) is 11.0 Å². The molecule has 13 heteroatoms. The van der Waals surface area contributed by atoms with Crippen LogP contribution in [-0.4, -0.2) is 47.1 Å². The molecule has 9 nitrogen and oxygen atoms in total. The normalized spacial score (nSPS) is 12.3. The van der Waals surface area contributed by atoms with Gasteiger partial charge in [-0.1, -0.05) is 51.4 Å². The van der Waals surface area contributed by atoms with Gasteiger partial charge in [0.05, 0.1) is 34.0 Å². The molecule has 30 heavy (non-hydrogen) atoms. The zero-order valence-electron chi connectivity index (χ0n) is 15.2. The highest BCUT2D eigenvalue weighted by molar-refractivity contribution is 7.21. The molecule has 0 radical (unpaired) electrons. The molecule has 154 valence electrons. The third kappa shape index (κ3) is 4.31. The number of benzene rings is 1. The molecule has 0 saturated carbocycles. The highest BCUT2D eigenvalue weighted by atomic mass is 35.5. The molecule has 0 aliphatic heterocycles. The van der Waals surface area contributed by atoms with E-state index in [0.29, 0.717) is 48.6 Å². The van der Waals surface area contributed by atoms with Crippen LogP contribution in [0.1, 0.15) is 12.5 Å². The van der Waals surface area contributed by atoms with Crippen LogP contribution in [0.3, 0.4) is 0 Å². The Labute approximate surface area is 188 Å². The molecule has 0 aliphatic carbocycles. The molecule has 0 aliphatic rings. The Morgan fingerprint density at radius 1 is 1.27 bits per heavy atom. The molecule has 3 heterocycles. The maximum atomic E-state index is 11.0. The van der Waals surface area contributed by atoms with Gasteiger partial charge in [-0.3, -0.25) is 4.79 Å². The number of hydrogen-bond acceptors (Lipinski definition) is 8. The predicted octanol–water partition coefficient (Wildman–Crippen LogP) is 4.24. The number of carboxylic acid groups (broad SMARTS) is 1. The van der Waals surface area contributed by atoms with Gasteiger partial charge in [-0.2, -0.15) is 0 Å². The van der Waals surface area contributed by atoms with Gasteiger partial charge in [-0.15, -0.1) is 5.10 Å². The van der Waals surface area contributed by atoms with Crippen molar-refractivity contribution < 1.29 is 9.90 Å². The Bertz CT molecular complexity index is 1240. The maximum absolute atomic E-state index is 11.0. The molecule has 4 aromatic rings. The first-order valence-electron chi connectivity index (χ1n) is 8.47. The van der Waals surface area contributed by atoms with E-state index >= 15 is 0 Å². The van der Waals surface area contributed by atoms with Crippen LogP contribution >= 0.6 is 46.1 Å². The summed E-state index contributed by atoms with van der Waals surface area (Å²) >= 11 is 19.3. The molecule has 0 bridgehead atoms. The van der Waals surface area contributed by atoms with Crippen LogP contribution in [0.4, 0.5) is 5.13 Å². The summed E-state index contributed by atoms with van der Waals surface area (Å²) in [5, 5.41) is 21.5. The van der Waals surface area contributed by atoms with Crippen LogP contribution in [0.5, 0.6) is 0 Å². The number of halogens is 3. The van der Waals surface area contributed by atoms with E-state index in [1.807, 2.05) is 0 Å². The summed E-state index contributed by atoms with van der Waals surface area (Å²) in [5.74, 6) is -0.594. The fourth-order valence-corrected chi connectivity index (χ4v) is 4.07. The molecule has 0 spiro atoms. The van der Waals surface area contributed by atoms with Gasteiger partial charge in [0.2, 0.25) is 0 Å². The van der Waals surface area contributed by atoms with E-state index in [0.717, 1.165) is 5.56 Å². The first kappa shape index (κ1) is 20.7. The number of carbonyl (C=O) groups is 1. The molecule has 1 unspecified atom stereocenters. The quantitative estimate of drug-likeness (QED) is 0.390. The van der Waals surface area contributed by atoms with Crippen molar-refractivity contribution in [2.75, 3.05) is 5.32 Å². The summed E-state index contributed by atoms with van der Waals surface area (Å²) in [4.78, 5) is 24.6. The lowest BCUT2D eigenvalue weighted by Gasteiger charge is -2.05. The van der Waals surface area contributed by atoms with E-state index in [2.05, 4.69) is 30.6 Å². The van der Waals surface area contributed by atoms with Crippen molar-refractivity contribution in [2.24, 2.45) is 0 Å². The summed E-state index contributed by atoms with van der Waals surface area (Å²) in [6, 6.07) is 2.65. The number of carboxylic acids is 1. The zero-order chi connectivity index (χ0) is 21.4. The van der Waals surface area contributed by atoms with Gasteiger partial charge in [-0.05, 0) is 24.6 Å². The van der Waals surface area contributed by atoms with Gasteiger partial charge in [0, 0.05) is 0 Å². The lowest BCUT2D eigenvalue weighted by atomic mass is 10.2. The van der Waals surface area contributed by atoms with Crippen LogP contribution in [0, 0.1) is 0 Å². The second-order valence-electron chi connectivity index (χ2n) is 6.28. The van der Waals surface area contributed by atoms with Crippen molar-refractivity contribution in [3.8, 4) is 11.5 Å². The lowest BCUT2D eigenvalue weighted by Crippen LogP contribution is -2.25. The van der Waals surface area contributed by atoms with Crippen LogP contribution in [-0.2, 0) is 11.3 Å². The first-order chi connectivity index (χ1) is 14.3. The van der Waals surface area contributed by atoms with Gasteiger partial charge in [0.1, 0.15) is 22.1 Å². The predicted molar refractivity (Wildman–Crippen MR) is 116 cm³/mol. The van der Waals surface area contributed by atoms with Crippen molar-refractivity contribution in [2.45, 2.75) is 19.5 Å². The molecule has 3 aromatic heterocycles. The minimum atomic E-state index is -0.971. The monoisotopic (exact) mass is 483 g/mol. The SMILES string of the molecule is CC(Nc1nc2cnc(-c3cn(Cc4cc(Cl)c(Cl)c(Cl)c4)nn3)nc2s1)C(=O)O. The summed E-state index contributed by atoms with van der Waals surface area (Å²) < 4.78 is 1.60. The Balaban J connectivity index is 1.56. The zero-order valence-corrected chi connectivity index (χ0v) is 18.3. The van der Waals surface area contributed by atoms with Crippen molar-refractivity contribution in [1.82, 2.24) is 29.9 Å². The Hall–Kier alpha value is -2.53. The van der Waals surface area contributed by atoms with E-state index in [9.17, 15) is 4.79 Å². The molecule has 1 atom stereocenters. The number of nitrogens with zero attached hydrogens (tertiary/aromatic N) is 6. The number of rotatable bonds is 6. The van der Waals surface area contributed by atoms with Crippen molar-refractivity contribution in [3.05, 3.63) is 45.2 Å². The second kappa shape index (κ2) is 8.31. The van der Waals surface area contributed by atoms with Crippen LogP contribution in [0.15, 0.2) is 24.5 Å². The molecule has 4 rings (SSSR count). The summed E-state index contributed by atoms with van der Waals surface area (Å²) in [5.41, 5.74) is 1.85. The van der Waals surface area contributed by atoms with Crippen LogP contribution in [0.25, 0.3) is 21.9 Å². The molecular formula is C17H12Cl3N7O2S. The first-order valence-corrected chi connectivity index (χ1v) is 10.4. The largest absolute Gasteiger partial charge is 0.480 e. The second-order valence-corrected chi connectivity index (χ2v) is 8.45. The standard InChI is InChI=1S/C17H12Cl3N7O2S/c1-7(16(28)29)22-17-23-11-4-21-14(24-15(11)30-17)12-6-27(26-25-12)5-8-2-9(18)13(20)10(19)3-8/h2-4,6-7H,5H2,1H3,(H,22,23)(H,28,29). The third-order valence-electron chi connectivity index (χ3n) is 4.02. The van der Waals surface area contributed by atoms with Gasteiger partial charge in [-0.25, -0.2) is 19.6 Å². The number of aromatic nitrogens is 6. The minimum absolute atomic E-state index is 0.305. The third-order valence-corrected chi connectivity index (χ3v) is 6.11. The highest BCUT2D eigenvalue weighted by Crippen LogP contribution is 2.31. The van der Waals surface area contributed by atoms with Crippen molar-refractivity contribution in [1.29, 1.82) is 0 Å². The average molecular weight is 485 g/mol. The molecule has 0 fully saturated rings. The molecular weight excluding hydrogens is 473 g/mol. The Morgan fingerprint density at radius 2 is 2.00 bits per heavy atom. The summed E-state index contributed by atoms with van der Waals surface area (Å²) in [6.45, 7) is 1.92. The number of nitrogens with one attached hydrogen (secondary N) is 1. The topological polar surface area (TPSA) is 119 Å². The smallest absolute Gasteiger partial charge is 0.325 e.